The molecule has 1 saturated heterocycles. The molecule has 0 saturated carbocycles. The second-order valence-electron chi connectivity index (χ2n) is 3.49. The van der Waals surface area contributed by atoms with Gasteiger partial charge in [0.1, 0.15) is 0 Å². The molecule has 0 radical (unpaired) electrons. The average molecular weight is 164 g/mol. The molecule has 10 heavy (non-hydrogen) atoms. The van der Waals surface area contributed by atoms with E-state index < -0.39 is 9.44 Å². The van der Waals surface area contributed by atoms with E-state index in [4.69, 9.17) is 5.14 Å². The Hall–Kier alpha value is 0.0700. The monoisotopic (exact) mass is 164 g/mol. The molecule has 0 bridgehead atoms. The van der Waals surface area contributed by atoms with Gasteiger partial charge in [0.15, 0.2) is 0 Å². The molecule has 2 N–H and O–H groups in total. The highest BCUT2D eigenvalue weighted by Gasteiger charge is 2.29. The molecule has 3 nitrogen and oxygen atoms in total. The number of rotatable bonds is 1. The van der Waals surface area contributed by atoms with Crippen molar-refractivity contribution < 1.29 is 4.21 Å². The Labute approximate surface area is 62.2 Å². The smallest absolute Gasteiger partial charge is 0.0155 e. The average Bonchev–Trinajstić information content (AvgIpc) is 2.04. The molecule has 0 spiro atoms. The SMILES string of the molecule is CS(C)(N)(=O)N1CCCC1. The van der Waals surface area contributed by atoms with Gasteiger partial charge in [0.25, 0.3) is 0 Å². The Bertz CT molecular complexity index is 179. The Balaban J connectivity index is 2.74. The minimum atomic E-state index is -2.87. The molecular weight excluding hydrogens is 148 g/mol. The van der Waals surface area contributed by atoms with Gasteiger partial charge in [-0.05, 0) is 22.3 Å². The third-order valence-corrected chi connectivity index (χ3v) is 3.74. The summed E-state index contributed by atoms with van der Waals surface area (Å²) in [5.74, 6) is 0. The van der Waals surface area contributed by atoms with Crippen molar-refractivity contribution in [1.82, 2.24) is 4.31 Å². The van der Waals surface area contributed by atoms with Crippen molar-refractivity contribution >= 4 is 9.44 Å². The molecule has 0 aliphatic carbocycles. The quantitative estimate of drug-likeness (QED) is 0.580. The maximum Gasteiger partial charge on any atom is 0.0155 e. The fraction of sp³-hybridized carbons (Fsp3) is 1.00. The molecule has 0 aromatic carbocycles. The van der Waals surface area contributed by atoms with Crippen LogP contribution in [-0.2, 0) is 9.44 Å². The highest BCUT2D eigenvalue weighted by atomic mass is 32.3. The normalized spacial score (nSPS) is 26.1. The van der Waals surface area contributed by atoms with Gasteiger partial charge in [-0.15, -0.1) is 0 Å². The zero-order valence-electron chi connectivity index (χ0n) is 6.67. The second kappa shape index (κ2) is 2.03. The first kappa shape index (κ1) is 8.17. The summed E-state index contributed by atoms with van der Waals surface area (Å²) in [7, 11) is -2.87. The summed E-state index contributed by atoms with van der Waals surface area (Å²) in [4.78, 5) is 0. The molecular formula is C6H16N2OS. The molecule has 62 valence electrons. The van der Waals surface area contributed by atoms with Crippen LogP contribution in [0.2, 0.25) is 0 Å². The minimum Gasteiger partial charge on any atom is -0.261 e. The maximum absolute atomic E-state index is 11.7. The van der Waals surface area contributed by atoms with Crippen molar-refractivity contribution in [3.63, 3.8) is 0 Å². The molecule has 0 atom stereocenters. The molecule has 0 aromatic heterocycles. The van der Waals surface area contributed by atoms with Crippen molar-refractivity contribution in [1.29, 1.82) is 0 Å². The van der Waals surface area contributed by atoms with Gasteiger partial charge in [-0.25, -0.2) is 4.31 Å². The first-order valence-electron chi connectivity index (χ1n) is 3.53. The van der Waals surface area contributed by atoms with Gasteiger partial charge in [-0.2, -0.15) is 0 Å². The lowest BCUT2D eigenvalue weighted by atomic mass is 10.4. The van der Waals surface area contributed by atoms with E-state index in [0.717, 1.165) is 25.9 Å². The molecule has 0 unspecified atom stereocenters. The summed E-state index contributed by atoms with van der Waals surface area (Å²) in [5, 5.41) is 5.66. The standard InChI is InChI=1S/C6H16N2OS/c1-10(2,7,9)8-5-3-4-6-8/h3-6H2,1-2H3,(H2,7,9). The van der Waals surface area contributed by atoms with Crippen molar-refractivity contribution in [3.05, 3.63) is 0 Å². The van der Waals surface area contributed by atoms with Gasteiger partial charge in [0.2, 0.25) is 0 Å². The molecule has 1 heterocycles. The van der Waals surface area contributed by atoms with E-state index in [1.165, 1.54) is 0 Å². The molecule has 1 rings (SSSR count). The summed E-state index contributed by atoms with van der Waals surface area (Å²) in [5.41, 5.74) is 0. The van der Waals surface area contributed by atoms with Gasteiger partial charge in [0, 0.05) is 25.6 Å². The molecule has 0 aromatic rings. The van der Waals surface area contributed by atoms with E-state index in [2.05, 4.69) is 0 Å². The second-order valence-corrected chi connectivity index (χ2v) is 7.72. The first-order chi connectivity index (χ1) is 4.36. The van der Waals surface area contributed by atoms with E-state index in [1.807, 2.05) is 4.31 Å². The minimum absolute atomic E-state index is 0.898. The van der Waals surface area contributed by atoms with Crippen molar-refractivity contribution in [2.45, 2.75) is 12.8 Å². The number of hydrogen-bond acceptors (Lipinski definition) is 1. The lowest BCUT2D eigenvalue weighted by Gasteiger charge is -2.38. The predicted molar refractivity (Wildman–Crippen MR) is 45.0 cm³/mol. The van der Waals surface area contributed by atoms with Gasteiger partial charge in [-0.1, -0.05) is 0 Å². The van der Waals surface area contributed by atoms with Gasteiger partial charge in [0.05, 0.1) is 0 Å². The lowest BCUT2D eigenvalue weighted by Crippen LogP contribution is -2.54. The van der Waals surface area contributed by atoms with Gasteiger partial charge < -0.3 is 0 Å². The summed E-state index contributed by atoms with van der Waals surface area (Å²) in [6.45, 7) is 1.80. The Morgan fingerprint density at radius 2 is 1.70 bits per heavy atom. The van der Waals surface area contributed by atoms with E-state index >= 15 is 0 Å². The van der Waals surface area contributed by atoms with E-state index in [1.54, 1.807) is 12.5 Å². The van der Waals surface area contributed by atoms with Crippen LogP contribution in [0.15, 0.2) is 0 Å². The topological polar surface area (TPSA) is 46.3 Å². The van der Waals surface area contributed by atoms with Crippen LogP contribution >= 0.6 is 0 Å². The van der Waals surface area contributed by atoms with Crippen LogP contribution in [0.25, 0.3) is 0 Å². The summed E-state index contributed by atoms with van der Waals surface area (Å²) < 4.78 is 13.6. The highest BCUT2D eigenvalue weighted by Crippen LogP contribution is 2.21. The van der Waals surface area contributed by atoms with Crippen LogP contribution in [0.3, 0.4) is 0 Å². The Morgan fingerprint density at radius 1 is 1.30 bits per heavy atom. The number of nitrogens with two attached hydrogens (primary N) is 1. The summed E-state index contributed by atoms with van der Waals surface area (Å²) >= 11 is 0. The Morgan fingerprint density at radius 3 is 1.90 bits per heavy atom. The Kier molecular flexibility index (Phi) is 1.66. The third kappa shape index (κ3) is 1.78. The molecule has 1 aliphatic heterocycles. The van der Waals surface area contributed by atoms with Crippen molar-refractivity contribution in [3.8, 4) is 0 Å². The molecule has 4 heteroatoms. The zero-order valence-corrected chi connectivity index (χ0v) is 7.49. The van der Waals surface area contributed by atoms with Crippen LogP contribution in [0, 0.1) is 0 Å². The van der Waals surface area contributed by atoms with E-state index in [-0.39, 0.29) is 0 Å². The van der Waals surface area contributed by atoms with Crippen LogP contribution in [0.1, 0.15) is 12.8 Å². The predicted octanol–water partition coefficient (Wildman–Crippen LogP) is -0.0494. The maximum atomic E-state index is 11.7. The van der Waals surface area contributed by atoms with Crippen LogP contribution < -0.4 is 5.14 Å². The fourth-order valence-electron chi connectivity index (χ4n) is 1.23. The summed E-state index contributed by atoms with van der Waals surface area (Å²) in [6.07, 6.45) is 5.55. The van der Waals surface area contributed by atoms with Crippen molar-refractivity contribution in [2.75, 3.05) is 25.6 Å². The lowest BCUT2D eigenvalue weighted by molar-refractivity contribution is 0.510. The fourth-order valence-corrected chi connectivity index (χ4v) is 2.58. The van der Waals surface area contributed by atoms with Gasteiger partial charge in [-0.3, -0.25) is 9.35 Å². The zero-order chi connectivity index (χ0) is 7.85. The molecule has 1 aliphatic rings. The summed E-state index contributed by atoms with van der Waals surface area (Å²) in [6, 6.07) is 0. The first-order valence-corrected chi connectivity index (χ1v) is 6.34. The van der Waals surface area contributed by atoms with Gasteiger partial charge >= 0.3 is 0 Å². The third-order valence-electron chi connectivity index (χ3n) is 1.84. The van der Waals surface area contributed by atoms with Crippen LogP contribution in [0.4, 0.5) is 0 Å². The molecule has 1 fully saturated rings. The van der Waals surface area contributed by atoms with E-state index in [9.17, 15) is 4.21 Å². The number of hydrogen-bond donors (Lipinski definition) is 1. The van der Waals surface area contributed by atoms with E-state index in [0.29, 0.717) is 0 Å². The van der Waals surface area contributed by atoms with Crippen LogP contribution in [0.5, 0.6) is 0 Å². The van der Waals surface area contributed by atoms with Crippen molar-refractivity contribution in [2.24, 2.45) is 5.14 Å². The molecule has 0 amide bonds. The highest BCUT2D eigenvalue weighted by molar-refractivity contribution is 8.14. The number of nitrogens with zero attached hydrogens (tertiary/aromatic N) is 1. The largest absolute Gasteiger partial charge is 0.261 e. The van der Waals surface area contributed by atoms with Crippen LogP contribution in [-0.4, -0.2) is 34.1 Å².